The predicted octanol–water partition coefficient (Wildman–Crippen LogP) is 2.98. The van der Waals surface area contributed by atoms with Gasteiger partial charge in [0.2, 0.25) is 0 Å². The van der Waals surface area contributed by atoms with Crippen molar-refractivity contribution >= 4 is 11.3 Å². The largest absolute Gasteiger partial charge is 0.315 e. The molecule has 0 radical (unpaired) electrons. The lowest BCUT2D eigenvalue weighted by Gasteiger charge is -1.99. The van der Waals surface area contributed by atoms with Crippen LogP contribution in [0.25, 0.3) is 10.6 Å². The Morgan fingerprint density at radius 1 is 1.44 bits per heavy atom. The number of thiazole rings is 1. The second kappa shape index (κ2) is 4.72. The second-order valence-corrected chi connectivity index (χ2v) is 4.74. The van der Waals surface area contributed by atoms with Gasteiger partial charge in [-0.15, -0.1) is 11.3 Å². The summed E-state index contributed by atoms with van der Waals surface area (Å²) in [6, 6.07) is 5.09. The first-order valence-corrected chi connectivity index (χ1v) is 5.88. The molecule has 1 heterocycles. The van der Waals surface area contributed by atoms with E-state index in [2.05, 4.69) is 10.3 Å². The van der Waals surface area contributed by atoms with Crippen LogP contribution >= 0.6 is 11.3 Å². The molecular formula is C12H13FN2S. The van der Waals surface area contributed by atoms with Crippen LogP contribution in [0.2, 0.25) is 0 Å². The highest BCUT2D eigenvalue weighted by Crippen LogP contribution is 2.26. The molecule has 0 bridgehead atoms. The summed E-state index contributed by atoms with van der Waals surface area (Å²) in [5, 5.41) is 4.02. The lowest BCUT2D eigenvalue weighted by atomic mass is 10.1. The van der Waals surface area contributed by atoms with Gasteiger partial charge in [0.15, 0.2) is 0 Å². The van der Waals surface area contributed by atoms with E-state index in [0.717, 1.165) is 17.1 Å². The molecule has 1 N–H and O–H groups in total. The SMILES string of the molecule is CNCc1cnc(-c2ccc(F)c(C)c2)s1. The van der Waals surface area contributed by atoms with E-state index in [1.54, 1.807) is 24.3 Å². The quantitative estimate of drug-likeness (QED) is 0.886. The summed E-state index contributed by atoms with van der Waals surface area (Å²) in [5.41, 5.74) is 1.63. The van der Waals surface area contributed by atoms with E-state index in [4.69, 9.17) is 0 Å². The Hall–Kier alpha value is -1.26. The van der Waals surface area contributed by atoms with Crippen molar-refractivity contribution < 1.29 is 4.39 Å². The van der Waals surface area contributed by atoms with Gasteiger partial charge in [0.25, 0.3) is 0 Å². The van der Waals surface area contributed by atoms with Crippen LogP contribution < -0.4 is 5.32 Å². The summed E-state index contributed by atoms with van der Waals surface area (Å²) in [7, 11) is 1.90. The zero-order valence-corrected chi connectivity index (χ0v) is 10.1. The van der Waals surface area contributed by atoms with Crippen molar-refractivity contribution in [3.8, 4) is 10.6 Å². The maximum absolute atomic E-state index is 13.1. The fourth-order valence-electron chi connectivity index (χ4n) is 1.47. The Bertz CT molecular complexity index is 494. The maximum atomic E-state index is 13.1. The molecule has 0 fully saturated rings. The van der Waals surface area contributed by atoms with Gasteiger partial charge in [0, 0.05) is 23.2 Å². The molecule has 0 saturated carbocycles. The van der Waals surface area contributed by atoms with Crippen LogP contribution in [0, 0.1) is 12.7 Å². The second-order valence-electron chi connectivity index (χ2n) is 3.63. The predicted molar refractivity (Wildman–Crippen MR) is 65.0 cm³/mol. The lowest BCUT2D eigenvalue weighted by molar-refractivity contribution is 0.619. The van der Waals surface area contributed by atoms with E-state index in [-0.39, 0.29) is 5.82 Å². The van der Waals surface area contributed by atoms with Gasteiger partial charge in [-0.3, -0.25) is 0 Å². The minimum Gasteiger partial charge on any atom is -0.315 e. The number of rotatable bonds is 3. The fourth-order valence-corrected chi connectivity index (χ4v) is 2.40. The van der Waals surface area contributed by atoms with Crippen molar-refractivity contribution in [2.75, 3.05) is 7.05 Å². The Labute approximate surface area is 98.2 Å². The average Bonchev–Trinajstić information content (AvgIpc) is 2.71. The van der Waals surface area contributed by atoms with E-state index >= 15 is 0 Å². The third-order valence-electron chi connectivity index (χ3n) is 2.31. The van der Waals surface area contributed by atoms with Crippen LogP contribution in [0.15, 0.2) is 24.4 Å². The van der Waals surface area contributed by atoms with E-state index in [1.165, 1.54) is 10.9 Å². The third-order valence-corrected chi connectivity index (χ3v) is 3.36. The van der Waals surface area contributed by atoms with Crippen molar-refractivity contribution in [2.24, 2.45) is 0 Å². The highest BCUT2D eigenvalue weighted by molar-refractivity contribution is 7.15. The van der Waals surface area contributed by atoms with Crippen molar-refractivity contribution in [3.05, 3.63) is 40.7 Å². The smallest absolute Gasteiger partial charge is 0.126 e. The van der Waals surface area contributed by atoms with Gasteiger partial charge in [-0.2, -0.15) is 0 Å². The molecule has 0 aliphatic heterocycles. The summed E-state index contributed by atoms with van der Waals surface area (Å²) in [4.78, 5) is 5.51. The molecule has 0 saturated heterocycles. The van der Waals surface area contributed by atoms with Crippen molar-refractivity contribution in [2.45, 2.75) is 13.5 Å². The highest BCUT2D eigenvalue weighted by Gasteiger charge is 2.06. The molecule has 2 nitrogen and oxygen atoms in total. The van der Waals surface area contributed by atoms with Gasteiger partial charge in [-0.25, -0.2) is 9.37 Å². The van der Waals surface area contributed by atoms with Crippen LogP contribution in [0.4, 0.5) is 4.39 Å². The van der Waals surface area contributed by atoms with E-state index < -0.39 is 0 Å². The van der Waals surface area contributed by atoms with Crippen molar-refractivity contribution in [1.29, 1.82) is 0 Å². The number of nitrogens with zero attached hydrogens (tertiary/aromatic N) is 1. The molecule has 0 atom stereocenters. The number of halogens is 1. The first-order chi connectivity index (χ1) is 7.70. The molecule has 1 aromatic heterocycles. The number of aromatic nitrogens is 1. The molecule has 1 aromatic carbocycles. The van der Waals surface area contributed by atoms with Crippen molar-refractivity contribution in [1.82, 2.24) is 10.3 Å². The lowest BCUT2D eigenvalue weighted by Crippen LogP contribution is -2.02. The first kappa shape index (κ1) is 11.2. The van der Waals surface area contributed by atoms with Gasteiger partial charge in [0.1, 0.15) is 10.8 Å². The van der Waals surface area contributed by atoms with E-state index in [9.17, 15) is 4.39 Å². The first-order valence-electron chi connectivity index (χ1n) is 5.06. The molecule has 0 aliphatic carbocycles. The van der Waals surface area contributed by atoms with Gasteiger partial charge in [-0.05, 0) is 37.7 Å². The molecule has 16 heavy (non-hydrogen) atoms. The van der Waals surface area contributed by atoms with E-state index in [1.807, 2.05) is 19.3 Å². The molecule has 84 valence electrons. The average molecular weight is 236 g/mol. The minimum absolute atomic E-state index is 0.171. The van der Waals surface area contributed by atoms with Crippen LogP contribution in [0.5, 0.6) is 0 Å². The Balaban J connectivity index is 2.31. The normalized spacial score (nSPS) is 10.7. The number of hydrogen-bond donors (Lipinski definition) is 1. The number of benzene rings is 1. The van der Waals surface area contributed by atoms with Crippen LogP contribution in [0.1, 0.15) is 10.4 Å². The van der Waals surface area contributed by atoms with Crippen LogP contribution in [-0.4, -0.2) is 12.0 Å². The molecule has 4 heteroatoms. The zero-order chi connectivity index (χ0) is 11.5. The summed E-state index contributed by atoms with van der Waals surface area (Å²) in [5.74, 6) is -0.171. The molecule has 2 aromatic rings. The van der Waals surface area contributed by atoms with Gasteiger partial charge < -0.3 is 5.32 Å². The summed E-state index contributed by atoms with van der Waals surface area (Å²) >= 11 is 1.63. The molecule has 0 amide bonds. The molecule has 0 spiro atoms. The van der Waals surface area contributed by atoms with Crippen LogP contribution in [0.3, 0.4) is 0 Å². The minimum atomic E-state index is -0.171. The fraction of sp³-hybridized carbons (Fsp3) is 0.250. The highest BCUT2D eigenvalue weighted by atomic mass is 32.1. The summed E-state index contributed by atoms with van der Waals surface area (Å²) in [6.07, 6.45) is 1.86. The van der Waals surface area contributed by atoms with E-state index in [0.29, 0.717) is 5.56 Å². The topological polar surface area (TPSA) is 24.9 Å². The van der Waals surface area contributed by atoms with Crippen molar-refractivity contribution in [3.63, 3.8) is 0 Å². The molecule has 0 unspecified atom stereocenters. The molecule has 2 rings (SSSR count). The molecule has 0 aliphatic rings. The van der Waals surface area contributed by atoms with Gasteiger partial charge in [-0.1, -0.05) is 0 Å². The Morgan fingerprint density at radius 2 is 2.25 bits per heavy atom. The summed E-state index contributed by atoms with van der Waals surface area (Å²) < 4.78 is 13.1. The summed E-state index contributed by atoms with van der Waals surface area (Å²) in [6.45, 7) is 2.58. The maximum Gasteiger partial charge on any atom is 0.126 e. The van der Waals surface area contributed by atoms with Gasteiger partial charge in [0.05, 0.1) is 0 Å². The van der Waals surface area contributed by atoms with Gasteiger partial charge >= 0.3 is 0 Å². The Kier molecular flexibility index (Phi) is 3.31. The number of nitrogens with one attached hydrogen (secondary N) is 1. The monoisotopic (exact) mass is 236 g/mol. The Morgan fingerprint density at radius 3 is 2.94 bits per heavy atom. The number of hydrogen-bond acceptors (Lipinski definition) is 3. The third kappa shape index (κ3) is 2.28. The number of aryl methyl sites for hydroxylation is 1. The van der Waals surface area contributed by atoms with Crippen LogP contribution in [-0.2, 0) is 6.54 Å². The molecular weight excluding hydrogens is 223 g/mol. The standard InChI is InChI=1S/C12H13FN2S/c1-8-5-9(3-4-11(8)13)12-15-7-10(16-12)6-14-2/h3-5,7,14H,6H2,1-2H3. The zero-order valence-electron chi connectivity index (χ0n) is 9.25.